The van der Waals surface area contributed by atoms with Crippen LogP contribution < -0.4 is 10.2 Å². The van der Waals surface area contributed by atoms with Gasteiger partial charge in [0, 0.05) is 15.7 Å². The number of carbonyl (C=O) groups is 3. The van der Waals surface area contributed by atoms with Gasteiger partial charge in [-0.25, -0.2) is 9.69 Å². The molecule has 0 aromatic heterocycles. The van der Waals surface area contributed by atoms with E-state index in [2.05, 4.69) is 10.1 Å². The molecule has 6 nitrogen and oxygen atoms in total. The molecule has 2 aromatic carbocycles. The van der Waals surface area contributed by atoms with Crippen LogP contribution in [0.15, 0.2) is 53.2 Å². The molecule has 0 spiro atoms. The highest BCUT2D eigenvalue weighted by Crippen LogP contribution is 2.33. The molecule has 138 valence electrons. The quantitative estimate of drug-likeness (QED) is 0.586. The molecular formula is C18H11Cl3N2O4. The summed E-state index contributed by atoms with van der Waals surface area (Å²) in [5, 5.41) is 3.08. The number of nitrogens with zero attached hydrogens (tertiary/aromatic N) is 1. The number of ether oxygens (including phenoxy) is 1. The van der Waals surface area contributed by atoms with Crippen molar-refractivity contribution in [3.05, 3.63) is 68.8 Å². The van der Waals surface area contributed by atoms with Crippen LogP contribution in [0.1, 0.15) is 10.4 Å². The standard InChI is InChI=1S/C18H11Cl3N2O4/c1-27-18(26)9-2-4-12(5-3-9)22-15-14(21)16(24)23(17(15)25)13-7-10(19)6-11(20)8-13/h2-8,22H,1H3. The molecule has 1 N–H and O–H groups in total. The molecule has 0 atom stereocenters. The molecule has 0 aliphatic carbocycles. The van der Waals surface area contributed by atoms with Gasteiger partial charge < -0.3 is 10.1 Å². The van der Waals surface area contributed by atoms with E-state index in [1.165, 1.54) is 37.4 Å². The van der Waals surface area contributed by atoms with Crippen molar-refractivity contribution in [1.29, 1.82) is 0 Å². The Morgan fingerprint density at radius 2 is 1.56 bits per heavy atom. The Labute approximate surface area is 169 Å². The Kier molecular flexibility index (Phi) is 5.41. The summed E-state index contributed by atoms with van der Waals surface area (Å²) >= 11 is 18.0. The van der Waals surface area contributed by atoms with Crippen molar-refractivity contribution in [3.63, 3.8) is 0 Å². The molecule has 2 amide bonds. The van der Waals surface area contributed by atoms with Gasteiger partial charge in [0.1, 0.15) is 10.7 Å². The van der Waals surface area contributed by atoms with Gasteiger partial charge in [-0.3, -0.25) is 9.59 Å². The SMILES string of the molecule is COC(=O)c1ccc(NC2=C(Cl)C(=O)N(c3cc(Cl)cc(Cl)c3)C2=O)cc1. The van der Waals surface area contributed by atoms with Gasteiger partial charge in [-0.2, -0.15) is 0 Å². The normalized spacial score (nSPS) is 14.0. The van der Waals surface area contributed by atoms with E-state index >= 15 is 0 Å². The van der Waals surface area contributed by atoms with Crippen molar-refractivity contribution < 1.29 is 19.1 Å². The summed E-state index contributed by atoms with van der Waals surface area (Å²) in [6.07, 6.45) is 0. The monoisotopic (exact) mass is 424 g/mol. The Balaban J connectivity index is 1.87. The summed E-state index contributed by atoms with van der Waals surface area (Å²) in [5.74, 6) is -1.84. The molecular weight excluding hydrogens is 415 g/mol. The first-order valence-corrected chi connectivity index (χ1v) is 8.65. The van der Waals surface area contributed by atoms with Gasteiger partial charge in [0.25, 0.3) is 11.8 Å². The lowest BCUT2D eigenvalue weighted by atomic mass is 10.2. The number of nitrogens with one attached hydrogen (secondary N) is 1. The van der Waals surface area contributed by atoms with Crippen molar-refractivity contribution in [2.45, 2.75) is 0 Å². The third kappa shape index (κ3) is 3.78. The van der Waals surface area contributed by atoms with E-state index in [-0.39, 0.29) is 26.5 Å². The van der Waals surface area contributed by atoms with Gasteiger partial charge in [-0.05, 0) is 42.5 Å². The topological polar surface area (TPSA) is 75.7 Å². The highest BCUT2D eigenvalue weighted by molar-refractivity contribution is 6.53. The van der Waals surface area contributed by atoms with Gasteiger partial charge in [0.2, 0.25) is 0 Å². The smallest absolute Gasteiger partial charge is 0.337 e. The largest absolute Gasteiger partial charge is 0.465 e. The fraction of sp³-hybridized carbons (Fsp3) is 0.0556. The number of benzene rings is 2. The molecule has 9 heteroatoms. The second kappa shape index (κ2) is 7.60. The third-order valence-corrected chi connectivity index (χ3v) is 4.50. The third-order valence-electron chi connectivity index (χ3n) is 3.71. The van der Waals surface area contributed by atoms with Gasteiger partial charge in [-0.15, -0.1) is 0 Å². The predicted molar refractivity (Wildman–Crippen MR) is 103 cm³/mol. The highest BCUT2D eigenvalue weighted by Gasteiger charge is 2.39. The first-order valence-electron chi connectivity index (χ1n) is 7.52. The van der Waals surface area contributed by atoms with E-state index in [4.69, 9.17) is 34.8 Å². The van der Waals surface area contributed by atoms with Crippen molar-refractivity contribution in [2.75, 3.05) is 17.3 Å². The Hall–Kier alpha value is -2.54. The zero-order chi connectivity index (χ0) is 19.7. The fourth-order valence-corrected chi connectivity index (χ4v) is 3.19. The molecule has 1 aliphatic heterocycles. The lowest BCUT2D eigenvalue weighted by molar-refractivity contribution is -0.120. The summed E-state index contributed by atoms with van der Waals surface area (Å²) < 4.78 is 4.62. The molecule has 0 radical (unpaired) electrons. The van der Waals surface area contributed by atoms with Crippen LogP contribution in [0, 0.1) is 0 Å². The van der Waals surface area contributed by atoms with Crippen molar-refractivity contribution >= 4 is 64.0 Å². The van der Waals surface area contributed by atoms with E-state index in [0.717, 1.165) is 4.90 Å². The van der Waals surface area contributed by atoms with Gasteiger partial charge in [-0.1, -0.05) is 34.8 Å². The molecule has 2 aromatic rings. The lowest BCUT2D eigenvalue weighted by Gasteiger charge is -2.16. The summed E-state index contributed by atoms with van der Waals surface area (Å²) in [4.78, 5) is 37.5. The zero-order valence-corrected chi connectivity index (χ0v) is 16.0. The Bertz CT molecular complexity index is 966. The second-order valence-electron chi connectivity index (χ2n) is 5.46. The minimum absolute atomic E-state index is 0.0939. The van der Waals surface area contributed by atoms with Crippen molar-refractivity contribution in [1.82, 2.24) is 0 Å². The molecule has 0 saturated carbocycles. The number of amides is 2. The minimum atomic E-state index is -0.700. The van der Waals surface area contributed by atoms with Crippen LogP contribution >= 0.6 is 34.8 Å². The minimum Gasteiger partial charge on any atom is -0.465 e. The van der Waals surface area contributed by atoms with Gasteiger partial charge >= 0.3 is 5.97 Å². The number of carbonyl (C=O) groups excluding carboxylic acids is 3. The fourth-order valence-electron chi connectivity index (χ4n) is 2.47. The van der Waals surface area contributed by atoms with Crippen molar-refractivity contribution in [2.24, 2.45) is 0 Å². The average molecular weight is 426 g/mol. The maximum atomic E-state index is 12.7. The van der Waals surface area contributed by atoms with Crippen LogP contribution in [0.25, 0.3) is 0 Å². The van der Waals surface area contributed by atoms with Crippen LogP contribution in [0.2, 0.25) is 10.0 Å². The first kappa shape index (κ1) is 19.2. The summed E-state index contributed by atoms with van der Waals surface area (Å²) in [6, 6.07) is 10.5. The van der Waals surface area contributed by atoms with Crippen LogP contribution in [0.3, 0.4) is 0 Å². The van der Waals surface area contributed by atoms with E-state index in [0.29, 0.717) is 11.3 Å². The molecule has 27 heavy (non-hydrogen) atoms. The molecule has 0 saturated heterocycles. The number of rotatable bonds is 4. The lowest BCUT2D eigenvalue weighted by Crippen LogP contribution is -2.32. The summed E-state index contributed by atoms with van der Waals surface area (Å²) in [5.41, 5.74) is 0.914. The number of hydrogen-bond donors (Lipinski definition) is 1. The number of methoxy groups -OCH3 is 1. The van der Waals surface area contributed by atoms with Gasteiger partial charge in [0.15, 0.2) is 0 Å². The average Bonchev–Trinajstić information content (AvgIpc) is 2.84. The molecule has 3 rings (SSSR count). The Morgan fingerprint density at radius 1 is 0.963 bits per heavy atom. The van der Waals surface area contributed by atoms with E-state index < -0.39 is 17.8 Å². The van der Waals surface area contributed by atoms with Crippen LogP contribution in [-0.4, -0.2) is 24.9 Å². The molecule has 0 fully saturated rings. The number of anilines is 2. The summed E-state index contributed by atoms with van der Waals surface area (Å²) in [6.45, 7) is 0. The number of esters is 1. The maximum Gasteiger partial charge on any atom is 0.337 e. The molecule has 1 aliphatic rings. The van der Waals surface area contributed by atoms with E-state index in [9.17, 15) is 14.4 Å². The van der Waals surface area contributed by atoms with Crippen LogP contribution in [0.5, 0.6) is 0 Å². The van der Waals surface area contributed by atoms with E-state index in [1.807, 2.05) is 0 Å². The number of imide groups is 1. The predicted octanol–water partition coefficient (Wildman–Crippen LogP) is 4.22. The second-order valence-corrected chi connectivity index (χ2v) is 6.71. The molecule has 0 unspecified atom stereocenters. The van der Waals surface area contributed by atoms with Crippen molar-refractivity contribution in [3.8, 4) is 0 Å². The number of halogens is 3. The Morgan fingerprint density at radius 3 is 2.11 bits per heavy atom. The zero-order valence-electron chi connectivity index (χ0n) is 13.8. The number of hydrogen-bond acceptors (Lipinski definition) is 5. The van der Waals surface area contributed by atoms with Crippen LogP contribution in [0.4, 0.5) is 11.4 Å². The van der Waals surface area contributed by atoms with E-state index in [1.54, 1.807) is 12.1 Å². The molecule has 1 heterocycles. The summed E-state index contributed by atoms with van der Waals surface area (Å²) in [7, 11) is 1.28. The van der Waals surface area contributed by atoms with Crippen LogP contribution in [-0.2, 0) is 14.3 Å². The molecule has 0 bridgehead atoms. The highest BCUT2D eigenvalue weighted by atomic mass is 35.5. The van der Waals surface area contributed by atoms with Gasteiger partial charge in [0.05, 0.1) is 18.4 Å². The first-order chi connectivity index (χ1) is 12.8. The maximum absolute atomic E-state index is 12.7.